The summed E-state index contributed by atoms with van der Waals surface area (Å²) in [6.45, 7) is 10.9. The molecule has 7 heteroatoms. The Bertz CT molecular complexity index is 1750. The second-order valence-corrected chi connectivity index (χ2v) is 11.1. The van der Waals surface area contributed by atoms with Gasteiger partial charge in [-0.3, -0.25) is 4.79 Å². The number of nitrogens with zero attached hydrogens (tertiary/aromatic N) is 4. The molecule has 1 atom stereocenters. The van der Waals surface area contributed by atoms with E-state index in [1.54, 1.807) is 12.3 Å². The van der Waals surface area contributed by atoms with Gasteiger partial charge in [0.05, 0.1) is 17.1 Å². The second-order valence-electron chi connectivity index (χ2n) is 10.2. The Morgan fingerprint density at radius 1 is 1.00 bits per heavy atom. The van der Waals surface area contributed by atoms with Crippen LogP contribution in [0.4, 0.5) is 0 Å². The van der Waals surface area contributed by atoms with Gasteiger partial charge in [0.2, 0.25) is 0 Å². The van der Waals surface area contributed by atoms with Crippen molar-refractivity contribution < 1.29 is 4.74 Å². The average molecular weight is 598 g/mol. The number of fused-ring (bicyclic) bond motifs is 1. The van der Waals surface area contributed by atoms with Crippen LogP contribution < -0.4 is 10.3 Å². The van der Waals surface area contributed by atoms with Gasteiger partial charge < -0.3 is 9.30 Å². The molecule has 0 spiro atoms. The van der Waals surface area contributed by atoms with Gasteiger partial charge in [0.15, 0.2) is 0 Å². The molecule has 6 nitrogen and oxygen atoms in total. The number of hydrogen-bond acceptors (Lipinski definition) is 4. The van der Waals surface area contributed by atoms with Crippen molar-refractivity contribution in [3.8, 4) is 11.4 Å². The number of benzene rings is 3. The second kappa shape index (κ2) is 11.6. The van der Waals surface area contributed by atoms with E-state index in [0.29, 0.717) is 23.3 Å². The van der Waals surface area contributed by atoms with E-state index in [4.69, 9.17) is 9.72 Å². The van der Waals surface area contributed by atoms with Crippen LogP contribution >= 0.6 is 15.9 Å². The van der Waals surface area contributed by atoms with Gasteiger partial charge in [0.25, 0.3) is 5.56 Å². The maximum atomic E-state index is 13.5. The molecule has 40 heavy (non-hydrogen) atoms. The Hall–Kier alpha value is -3.97. The lowest BCUT2D eigenvalue weighted by molar-refractivity contribution is 0.306. The first-order valence-electron chi connectivity index (χ1n) is 13.5. The molecule has 0 aliphatic heterocycles. The maximum Gasteiger partial charge on any atom is 0.282 e. The molecule has 5 aromatic rings. The molecule has 0 amide bonds. The molecular weight excluding hydrogens is 564 g/mol. The Kier molecular flexibility index (Phi) is 8.03. The summed E-state index contributed by atoms with van der Waals surface area (Å²) in [4.78, 5) is 18.3. The first-order valence-corrected chi connectivity index (χ1v) is 14.3. The molecule has 0 aliphatic rings. The summed E-state index contributed by atoms with van der Waals surface area (Å²) in [7, 11) is 0. The van der Waals surface area contributed by atoms with Crippen molar-refractivity contribution in [3.05, 3.63) is 122 Å². The molecule has 0 unspecified atom stereocenters. The summed E-state index contributed by atoms with van der Waals surface area (Å²) in [5.41, 5.74) is 6.96. The zero-order valence-corrected chi connectivity index (χ0v) is 25.1. The van der Waals surface area contributed by atoms with Crippen molar-refractivity contribution in [1.82, 2.24) is 14.2 Å². The van der Waals surface area contributed by atoms with Crippen molar-refractivity contribution >= 4 is 33.0 Å². The third-order valence-corrected chi connectivity index (χ3v) is 7.78. The highest BCUT2D eigenvalue weighted by Gasteiger charge is 2.16. The Morgan fingerprint density at radius 2 is 1.73 bits per heavy atom. The predicted octanol–water partition coefficient (Wildman–Crippen LogP) is 7.85. The number of rotatable bonds is 8. The first kappa shape index (κ1) is 27.6. The molecule has 2 aromatic heterocycles. The number of hydrogen-bond donors (Lipinski definition) is 0. The minimum atomic E-state index is -0.173. The van der Waals surface area contributed by atoms with Gasteiger partial charge in [-0.15, -0.1) is 0 Å². The van der Waals surface area contributed by atoms with Gasteiger partial charge in [-0.05, 0) is 81.3 Å². The number of ether oxygens (including phenoxy) is 1. The van der Waals surface area contributed by atoms with E-state index in [0.717, 1.165) is 44.8 Å². The quantitative estimate of drug-likeness (QED) is 0.171. The van der Waals surface area contributed by atoms with E-state index >= 15 is 0 Å². The smallest absolute Gasteiger partial charge is 0.282 e. The fourth-order valence-electron chi connectivity index (χ4n) is 4.76. The lowest BCUT2D eigenvalue weighted by Crippen LogP contribution is -2.23. The van der Waals surface area contributed by atoms with Gasteiger partial charge in [-0.25, -0.2) is 4.98 Å². The summed E-state index contributed by atoms with van der Waals surface area (Å²) in [5, 5.41) is 5.21. The molecular formula is C33H33BrN4O2. The largest absolute Gasteiger partial charge is 0.489 e. The zero-order chi connectivity index (χ0) is 28.4. The van der Waals surface area contributed by atoms with Crippen LogP contribution in [0.1, 0.15) is 60.1 Å². The summed E-state index contributed by atoms with van der Waals surface area (Å²) >= 11 is 3.47. The maximum absolute atomic E-state index is 13.5. The minimum Gasteiger partial charge on any atom is -0.489 e. The van der Waals surface area contributed by atoms with E-state index in [1.807, 2.05) is 24.3 Å². The predicted molar refractivity (Wildman–Crippen MR) is 166 cm³/mol. The van der Waals surface area contributed by atoms with E-state index in [2.05, 4.69) is 103 Å². The van der Waals surface area contributed by atoms with Crippen molar-refractivity contribution in [3.63, 3.8) is 0 Å². The molecule has 5 rings (SSSR count). The number of aryl methyl sites for hydroxylation is 2. The summed E-state index contributed by atoms with van der Waals surface area (Å²) in [6, 6.07) is 24.1. The van der Waals surface area contributed by atoms with Crippen LogP contribution in [0.2, 0.25) is 0 Å². The highest BCUT2D eigenvalue weighted by atomic mass is 79.9. The number of aromatic nitrogens is 3. The monoisotopic (exact) mass is 596 g/mol. The van der Waals surface area contributed by atoms with Crippen LogP contribution in [0.5, 0.6) is 5.75 Å². The molecule has 0 saturated carbocycles. The summed E-state index contributed by atoms with van der Waals surface area (Å²) < 4.78 is 10.5. The van der Waals surface area contributed by atoms with Gasteiger partial charge in [0, 0.05) is 33.0 Å². The van der Waals surface area contributed by atoms with Crippen molar-refractivity contribution in [2.75, 3.05) is 0 Å². The fraction of sp³-hybridized carbons (Fsp3) is 0.242. The SMILES string of the molecule is CC[C@@H](C)c1nc2ccc(Br)cc2c(=O)n1N=Cc1cc(C)n(-c2ccc(OCc3ccc(C)cc3)cc2)c1C. The Morgan fingerprint density at radius 3 is 2.42 bits per heavy atom. The zero-order valence-electron chi connectivity index (χ0n) is 23.5. The Balaban J connectivity index is 1.43. The van der Waals surface area contributed by atoms with Crippen LogP contribution in [0, 0.1) is 20.8 Å². The minimum absolute atomic E-state index is 0.0806. The first-order chi connectivity index (χ1) is 19.2. The molecule has 0 fully saturated rings. The van der Waals surface area contributed by atoms with Crippen LogP contribution in [0.25, 0.3) is 16.6 Å². The van der Waals surface area contributed by atoms with E-state index in [-0.39, 0.29) is 11.5 Å². The third kappa shape index (κ3) is 5.65. The molecule has 0 aliphatic carbocycles. The molecule has 0 bridgehead atoms. The Labute approximate surface area is 243 Å². The molecule has 204 valence electrons. The highest BCUT2D eigenvalue weighted by Crippen LogP contribution is 2.24. The van der Waals surface area contributed by atoms with Crippen LogP contribution in [0.15, 0.2) is 87.2 Å². The van der Waals surface area contributed by atoms with Crippen molar-refractivity contribution in [1.29, 1.82) is 0 Å². The molecule has 0 radical (unpaired) electrons. The van der Waals surface area contributed by atoms with E-state index < -0.39 is 0 Å². The van der Waals surface area contributed by atoms with E-state index in [1.165, 1.54) is 10.2 Å². The van der Waals surface area contributed by atoms with Gasteiger partial charge in [-0.1, -0.05) is 59.6 Å². The lowest BCUT2D eigenvalue weighted by atomic mass is 10.1. The normalized spacial score (nSPS) is 12.3. The van der Waals surface area contributed by atoms with Crippen LogP contribution in [-0.4, -0.2) is 20.4 Å². The van der Waals surface area contributed by atoms with Crippen LogP contribution in [-0.2, 0) is 6.61 Å². The molecule has 3 aromatic carbocycles. The standard InChI is InChI=1S/C33H33BrN4O2/c1-6-22(3)32-36-31-16-11-27(34)18-30(31)33(39)38(32)35-19-26-17-23(4)37(24(26)5)28-12-14-29(15-13-28)40-20-25-9-7-21(2)8-10-25/h7-19,22H,6,20H2,1-5H3/t22-/m1/s1. The third-order valence-electron chi connectivity index (χ3n) is 7.29. The fourth-order valence-corrected chi connectivity index (χ4v) is 5.12. The molecule has 0 N–H and O–H groups in total. The van der Waals surface area contributed by atoms with Gasteiger partial charge in [-0.2, -0.15) is 9.78 Å². The molecule has 2 heterocycles. The van der Waals surface area contributed by atoms with E-state index in [9.17, 15) is 4.79 Å². The average Bonchev–Trinajstić information content (AvgIpc) is 3.24. The lowest BCUT2D eigenvalue weighted by Gasteiger charge is -2.14. The molecule has 0 saturated heterocycles. The highest BCUT2D eigenvalue weighted by molar-refractivity contribution is 9.10. The van der Waals surface area contributed by atoms with Crippen molar-refractivity contribution in [2.24, 2.45) is 5.10 Å². The number of halogens is 1. The van der Waals surface area contributed by atoms with Gasteiger partial charge in [0.1, 0.15) is 18.2 Å². The van der Waals surface area contributed by atoms with Gasteiger partial charge >= 0.3 is 0 Å². The summed E-state index contributed by atoms with van der Waals surface area (Å²) in [5.74, 6) is 1.56. The summed E-state index contributed by atoms with van der Waals surface area (Å²) in [6.07, 6.45) is 2.61. The van der Waals surface area contributed by atoms with Crippen molar-refractivity contribution in [2.45, 2.75) is 53.6 Å². The topological polar surface area (TPSA) is 61.4 Å². The van der Waals surface area contributed by atoms with Crippen LogP contribution in [0.3, 0.4) is 0 Å².